The summed E-state index contributed by atoms with van der Waals surface area (Å²) in [4.78, 5) is 0. The van der Waals surface area contributed by atoms with E-state index in [-0.39, 0.29) is 17.4 Å². The van der Waals surface area contributed by atoms with Crippen LogP contribution in [-0.4, -0.2) is 23.8 Å². The number of rotatable bonds is 5. The minimum absolute atomic E-state index is 0.266. The molecule has 1 aromatic carbocycles. The molecule has 19 heavy (non-hydrogen) atoms. The number of nitrogens with zero attached hydrogens (tertiary/aromatic N) is 1. The molecule has 1 saturated carbocycles. The number of nitrogens with one attached hydrogen (secondary N) is 1. The van der Waals surface area contributed by atoms with E-state index >= 15 is 0 Å². The molecule has 1 unspecified atom stereocenters. The molecular weight excluding hydrogens is 236 g/mol. The molecule has 0 aliphatic heterocycles. The number of aliphatic hydroxyl groups excluding tert-OH is 1. The van der Waals surface area contributed by atoms with E-state index in [2.05, 4.69) is 11.4 Å². The molecule has 0 spiro atoms. The topological polar surface area (TPSA) is 56.0 Å². The molecule has 2 rings (SSSR count). The Bertz CT molecular complexity index is 444. The summed E-state index contributed by atoms with van der Waals surface area (Å²) in [5, 5.41) is 22.6. The average molecular weight is 258 g/mol. The normalized spacial score (nSPS) is 27.6. The molecule has 102 valence electrons. The van der Waals surface area contributed by atoms with Crippen LogP contribution in [0.5, 0.6) is 0 Å². The molecule has 0 amide bonds. The van der Waals surface area contributed by atoms with Crippen LogP contribution in [-0.2, 0) is 5.41 Å². The van der Waals surface area contributed by atoms with E-state index in [9.17, 15) is 10.4 Å². The van der Waals surface area contributed by atoms with Crippen molar-refractivity contribution in [1.29, 1.82) is 5.26 Å². The van der Waals surface area contributed by atoms with Gasteiger partial charge in [-0.2, -0.15) is 5.26 Å². The van der Waals surface area contributed by atoms with E-state index in [0.29, 0.717) is 12.6 Å². The van der Waals surface area contributed by atoms with Crippen molar-refractivity contribution in [3.8, 4) is 6.07 Å². The number of hydrogen-bond acceptors (Lipinski definition) is 3. The maximum Gasteiger partial charge on any atom is 0.0852 e. The average Bonchev–Trinajstić information content (AvgIpc) is 2.38. The SMILES string of the molecule is CC(C)C(O)CNC1CC(C#N)(c2ccccc2)C1. The summed E-state index contributed by atoms with van der Waals surface area (Å²) >= 11 is 0. The molecule has 1 aliphatic rings. The van der Waals surface area contributed by atoms with Crippen LogP contribution in [0.1, 0.15) is 32.3 Å². The second-order valence-corrected chi connectivity index (χ2v) is 5.88. The monoisotopic (exact) mass is 258 g/mol. The molecule has 1 atom stereocenters. The minimum atomic E-state index is -0.332. The lowest BCUT2D eigenvalue weighted by molar-refractivity contribution is 0.107. The van der Waals surface area contributed by atoms with Gasteiger partial charge in [-0.15, -0.1) is 0 Å². The van der Waals surface area contributed by atoms with Gasteiger partial charge in [0.2, 0.25) is 0 Å². The maximum absolute atomic E-state index is 9.77. The number of nitriles is 1. The van der Waals surface area contributed by atoms with Crippen molar-refractivity contribution in [2.45, 2.75) is 44.2 Å². The van der Waals surface area contributed by atoms with E-state index in [4.69, 9.17) is 0 Å². The van der Waals surface area contributed by atoms with Gasteiger partial charge in [-0.05, 0) is 24.3 Å². The van der Waals surface area contributed by atoms with Crippen molar-refractivity contribution in [1.82, 2.24) is 5.32 Å². The van der Waals surface area contributed by atoms with Crippen molar-refractivity contribution in [2.24, 2.45) is 5.92 Å². The van der Waals surface area contributed by atoms with Crippen LogP contribution in [0.25, 0.3) is 0 Å². The molecule has 3 nitrogen and oxygen atoms in total. The number of aliphatic hydroxyl groups is 1. The quantitative estimate of drug-likeness (QED) is 0.851. The molecule has 2 N–H and O–H groups in total. The Labute approximate surface area is 115 Å². The van der Waals surface area contributed by atoms with Gasteiger partial charge in [-0.1, -0.05) is 44.2 Å². The molecule has 0 heterocycles. The first-order valence-corrected chi connectivity index (χ1v) is 6.95. The zero-order valence-electron chi connectivity index (χ0n) is 11.6. The van der Waals surface area contributed by atoms with Gasteiger partial charge >= 0.3 is 0 Å². The summed E-state index contributed by atoms with van der Waals surface area (Å²) in [7, 11) is 0. The van der Waals surface area contributed by atoms with Crippen molar-refractivity contribution >= 4 is 0 Å². The summed E-state index contributed by atoms with van der Waals surface area (Å²) in [6, 6.07) is 12.8. The highest BCUT2D eigenvalue weighted by Crippen LogP contribution is 2.43. The Morgan fingerprint density at radius 3 is 2.53 bits per heavy atom. The molecule has 1 aromatic rings. The van der Waals surface area contributed by atoms with Crippen LogP contribution >= 0.6 is 0 Å². The van der Waals surface area contributed by atoms with Gasteiger partial charge in [0, 0.05) is 12.6 Å². The molecule has 3 heteroatoms. The second-order valence-electron chi connectivity index (χ2n) is 5.88. The zero-order chi connectivity index (χ0) is 13.9. The van der Waals surface area contributed by atoms with Crippen LogP contribution in [0.15, 0.2) is 30.3 Å². The smallest absolute Gasteiger partial charge is 0.0852 e. The zero-order valence-corrected chi connectivity index (χ0v) is 11.6. The third-order valence-electron chi connectivity index (χ3n) is 4.12. The summed E-state index contributed by atoms with van der Waals surface area (Å²) in [6.45, 7) is 4.63. The Kier molecular flexibility index (Phi) is 4.24. The van der Waals surface area contributed by atoms with Gasteiger partial charge in [-0.3, -0.25) is 0 Å². The molecule has 1 fully saturated rings. The lowest BCUT2D eigenvalue weighted by atomic mass is 9.62. The van der Waals surface area contributed by atoms with Crippen LogP contribution in [0.3, 0.4) is 0 Å². The fourth-order valence-electron chi connectivity index (χ4n) is 2.60. The van der Waals surface area contributed by atoms with E-state index in [1.165, 1.54) is 0 Å². The first kappa shape index (κ1) is 14.0. The second kappa shape index (κ2) is 5.73. The van der Waals surface area contributed by atoms with E-state index in [0.717, 1.165) is 18.4 Å². The lowest BCUT2D eigenvalue weighted by Gasteiger charge is -2.43. The highest BCUT2D eigenvalue weighted by molar-refractivity contribution is 5.36. The van der Waals surface area contributed by atoms with Crippen LogP contribution < -0.4 is 5.32 Å². The first-order chi connectivity index (χ1) is 9.07. The lowest BCUT2D eigenvalue weighted by Crippen LogP contribution is -2.52. The molecule has 0 radical (unpaired) electrons. The fourth-order valence-corrected chi connectivity index (χ4v) is 2.60. The molecule has 0 aromatic heterocycles. The van der Waals surface area contributed by atoms with Gasteiger partial charge in [0.15, 0.2) is 0 Å². The van der Waals surface area contributed by atoms with Crippen molar-refractivity contribution in [3.63, 3.8) is 0 Å². The highest BCUT2D eigenvalue weighted by atomic mass is 16.3. The largest absolute Gasteiger partial charge is 0.392 e. The predicted octanol–water partition coefficient (Wildman–Crippen LogP) is 2.22. The van der Waals surface area contributed by atoms with E-state index < -0.39 is 0 Å². The van der Waals surface area contributed by atoms with Crippen LogP contribution in [0, 0.1) is 17.2 Å². The molecular formula is C16H22N2O. The maximum atomic E-state index is 9.77. The van der Waals surface area contributed by atoms with Crippen LogP contribution in [0.4, 0.5) is 0 Å². The van der Waals surface area contributed by atoms with Crippen molar-refractivity contribution in [2.75, 3.05) is 6.54 Å². The van der Waals surface area contributed by atoms with Gasteiger partial charge in [0.1, 0.15) is 0 Å². The Balaban J connectivity index is 1.89. The van der Waals surface area contributed by atoms with E-state index in [1.807, 2.05) is 44.2 Å². The third kappa shape index (κ3) is 2.97. The molecule has 0 bridgehead atoms. The Morgan fingerprint density at radius 2 is 2.00 bits per heavy atom. The first-order valence-electron chi connectivity index (χ1n) is 6.95. The van der Waals surface area contributed by atoms with Gasteiger partial charge in [0.05, 0.1) is 17.6 Å². The standard InChI is InChI=1S/C16H22N2O/c1-12(2)15(19)10-18-14-8-16(9-14,11-17)13-6-4-3-5-7-13/h3-7,12,14-15,18-19H,8-10H2,1-2H3. The fraction of sp³-hybridized carbons (Fsp3) is 0.562. The number of benzene rings is 1. The van der Waals surface area contributed by atoms with Gasteiger partial charge in [-0.25, -0.2) is 0 Å². The van der Waals surface area contributed by atoms with Crippen LogP contribution in [0.2, 0.25) is 0 Å². The molecule has 1 aliphatic carbocycles. The minimum Gasteiger partial charge on any atom is -0.392 e. The van der Waals surface area contributed by atoms with Gasteiger partial charge in [0.25, 0.3) is 0 Å². The van der Waals surface area contributed by atoms with Gasteiger partial charge < -0.3 is 10.4 Å². The Morgan fingerprint density at radius 1 is 1.37 bits per heavy atom. The van der Waals surface area contributed by atoms with E-state index in [1.54, 1.807) is 0 Å². The van der Waals surface area contributed by atoms with Crippen molar-refractivity contribution in [3.05, 3.63) is 35.9 Å². The number of hydrogen-bond donors (Lipinski definition) is 2. The summed E-state index contributed by atoms with van der Waals surface area (Å²) < 4.78 is 0. The van der Waals surface area contributed by atoms with Crippen molar-refractivity contribution < 1.29 is 5.11 Å². The molecule has 0 saturated heterocycles. The summed E-state index contributed by atoms with van der Waals surface area (Å²) in [5.41, 5.74) is 0.779. The highest BCUT2D eigenvalue weighted by Gasteiger charge is 2.45. The predicted molar refractivity (Wildman–Crippen MR) is 75.6 cm³/mol. The third-order valence-corrected chi connectivity index (χ3v) is 4.12. The summed E-state index contributed by atoms with van der Waals surface area (Å²) in [6.07, 6.45) is 1.35. The summed E-state index contributed by atoms with van der Waals surface area (Å²) in [5.74, 6) is 0.266. The Hall–Kier alpha value is -1.37.